The quantitative estimate of drug-likeness (QED) is 0.0802. The van der Waals surface area contributed by atoms with Gasteiger partial charge in [0.1, 0.15) is 17.5 Å². The van der Waals surface area contributed by atoms with E-state index in [1.807, 2.05) is 43.3 Å². The van der Waals surface area contributed by atoms with Gasteiger partial charge in [0, 0.05) is 30.2 Å². The smallest absolute Gasteiger partial charge is 0.408 e. The first kappa shape index (κ1) is 34.8. The maximum atomic E-state index is 13.5. The van der Waals surface area contributed by atoms with Gasteiger partial charge < -0.3 is 14.9 Å². The fraction of sp³-hybridized carbons (Fsp3) is 0.235. The number of carbonyl (C=O) groups excluding carboxylic acids is 2. The molecule has 0 aliphatic rings. The van der Waals surface area contributed by atoms with Crippen molar-refractivity contribution in [3.63, 3.8) is 0 Å². The number of aryl methyl sites for hydroxylation is 1. The van der Waals surface area contributed by atoms with Gasteiger partial charge in [-0.15, -0.1) is 5.48 Å². The van der Waals surface area contributed by atoms with Crippen LogP contribution in [0.1, 0.15) is 36.5 Å². The van der Waals surface area contributed by atoms with Crippen molar-refractivity contribution in [2.75, 3.05) is 0 Å². The van der Waals surface area contributed by atoms with Crippen molar-refractivity contribution in [1.29, 1.82) is 0 Å². The average molecular weight is 662 g/mol. The molecule has 3 N–H and O–H groups in total. The second-order valence-electron chi connectivity index (χ2n) is 10.7. The van der Waals surface area contributed by atoms with E-state index in [-0.39, 0.29) is 30.2 Å². The highest BCUT2D eigenvalue weighted by atomic mass is 32.2. The van der Waals surface area contributed by atoms with Crippen molar-refractivity contribution in [3.8, 4) is 11.1 Å². The van der Waals surface area contributed by atoms with Crippen LogP contribution in [0.4, 0.5) is 10.5 Å². The summed E-state index contributed by atoms with van der Waals surface area (Å²) in [6.45, 7) is 1.88. The van der Waals surface area contributed by atoms with Crippen molar-refractivity contribution < 1.29 is 37.1 Å². The van der Waals surface area contributed by atoms with Crippen LogP contribution in [0, 0.1) is 10.1 Å². The molecule has 4 aromatic carbocycles. The van der Waals surface area contributed by atoms with E-state index in [0.717, 1.165) is 35.7 Å². The van der Waals surface area contributed by atoms with Gasteiger partial charge in [0.05, 0.1) is 4.92 Å². The molecule has 47 heavy (non-hydrogen) atoms. The number of amides is 1. The maximum absolute atomic E-state index is 13.5. The second-order valence-corrected chi connectivity index (χ2v) is 12.1. The predicted octanol–water partition coefficient (Wildman–Crippen LogP) is 5.81. The van der Waals surface area contributed by atoms with Gasteiger partial charge in [-0.25, -0.2) is 9.59 Å². The topological polar surface area (TPSA) is 174 Å². The van der Waals surface area contributed by atoms with Gasteiger partial charge in [-0.05, 0) is 47.6 Å². The number of hydrogen-bond acceptors (Lipinski definition) is 9. The number of alkyl carbamates (subject to hydrolysis) is 1. The summed E-state index contributed by atoms with van der Waals surface area (Å²) in [7, 11) is -4.80. The number of rotatable bonds is 15. The van der Waals surface area contributed by atoms with Crippen LogP contribution >= 0.6 is 0 Å². The largest absolute Gasteiger partial charge is 0.445 e. The third-order valence-electron chi connectivity index (χ3n) is 7.42. The Morgan fingerprint density at radius 2 is 1.53 bits per heavy atom. The molecule has 0 aromatic heterocycles. The highest BCUT2D eigenvalue weighted by Gasteiger charge is 2.28. The van der Waals surface area contributed by atoms with Gasteiger partial charge in [-0.3, -0.25) is 14.7 Å². The lowest BCUT2D eigenvalue weighted by molar-refractivity contribution is -0.384. The molecule has 13 heteroatoms. The Bertz CT molecular complexity index is 1790. The van der Waals surface area contributed by atoms with E-state index in [0.29, 0.717) is 18.4 Å². The number of hydroxylamine groups is 1. The lowest BCUT2D eigenvalue weighted by atomic mass is 9.94. The average Bonchev–Trinajstić information content (AvgIpc) is 3.07. The van der Waals surface area contributed by atoms with Crippen LogP contribution in [-0.4, -0.2) is 42.0 Å². The lowest BCUT2D eigenvalue weighted by Crippen LogP contribution is -2.46. The minimum atomic E-state index is -4.80. The second kappa shape index (κ2) is 16.5. The Labute approximate surface area is 272 Å². The lowest BCUT2D eigenvalue weighted by Gasteiger charge is -2.22. The molecule has 0 fully saturated rings. The van der Waals surface area contributed by atoms with Crippen LogP contribution in [0.25, 0.3) is 11.1 Å². The van der Waals surface area contributed by atoms with E-state index in [1.165, 1.54) is 6.07 Å². The highest BCUT2D eigenvalue weighted by molar-refractivity contribution is 7.86. The molecular formula is C34H35N3O9S. The number of nitrogens with one attached hydrogen (secondary N) is 2. The zero-order chi connectivity index (χ0) is 33.8. The first-order valence-electron chi connectivity index (χ1n) is 14.9. The van der Waals surface area contributed by atoms with Crippen LogP contribution in [0.3, 0.4) is 0 Å². The molecule has 4 aromatic rings. The first-order chi connectivity index (χ1) is 22.5. The summed E-state index contributed by atoms with van der Waals surface area (Å²) in [6.07, 6.45) is 0.929. The van der Waals surface area contributed by atoms with Crippen molar-refractivity contribution >= 4 is 27.9 Å². The Balaban J connectivity index is 1.59. The van der Waals surface area contributed by atoms with E-state index in [1.54, 1.807) is 42.5 Å². The standard InChI is InChI=1S/C34H35N3O9S/c1-2-27(18-17-24-11-5-3-6-12-24)36-46-33(38)31(35-34(39)45-23-25-13-7-4-8-14-25)21-26-15-9-10-16-29(26)30-22-28(37(40)41)19-20-32(30)47(42,43)44/h3-16,19-20,22,27,31,36H,2,17-18,21,23H2,1H3,(H,35,39)(H,42,43,44). The summed E-state index contributed by atoms with van der Waals surface area (Å²) in [6, 6.07) is 26.4. The minimum absolute atomic E-state index is 0.0634. The fourth-order valence-corrected chi connectivity index (χ4v) is 5.58. The zero-order valence-electron chi connectivity index (χ0n) is 25.6. The summed E-state index contributed by atoms with van der Waals surface area (Å²) in [5, 5.41) is 14.1. The van der Waals surface area contributed by atoms with Crippen LogP contribution in [0.15, 0.2) is 108 Å². The van der Waals surface area contributed by atoms with Gasteiger partial charge in [0.2, 0.25) is 0 Å². The van der Waals surface area contributed by atoms with Gasteiger partial charge in [-0.1, -0.05) is 91.9 Å². The van der Waals surface area contributed by atoms with Gasteiger partial charge >= 0.3 is 12.1 Å². The Hall–Kier alpha value is -5.11. The Morgan fingerprint density at radius 1 is 0.894 bits per heavy atom. The normalized spacial score (nSPS) is 12.5. The van der Waals surface area contributed by atoms with E-state index in [9.17, 15) is 32.7 Å². The van der Waals surface area contributed by atoms with Crippen molar-refractivity contribution in [2.24, 2.45) is 0 Å². The number of hydrogen-bond donors (Lipinski definition) is 3. The number of carbonyl (C=O) groups is 2. The number of nitro benzene ring substituents is 1. The van der Waals surface area contributed by atoms with Crippen LogP contribution < -0.4 is 10.8 Å². The molecule has 1 amide bonds. The maximum Gasteiger partial charge on any atom is 0.408 e. The molecular weight excluding hydrogens is 626 g/mol. The Kier molecular flexibility index (Phi) is 12.2. The monoisotopic (exact) mass is 661 g/mol. The SMILES string of the molecule is CCC(CCc1ccccc1)NOC(=O)C(Cc1ccccc1-c1cc([N+](=O)[O-])ccc1S(=O)(=O)O)NC(=O)OCc1ccccc1. The first-order valence-corrected chi connectivity index (χ1v) is 16.3. The summed E-state index contributed by atoms with van der Waals surface area (Å²) < 4.78 is 39.7. The molecule has 12 nitrogen and oxygen atoms in total. The number of nitro groups is 1. The third kappa shape index (κ3) is 10.2. The number of non-ortho nitro benzene ring substituents is 1. The van der Waals surface area contributed by atoms with Crippen LogP contribution in [0.2, 0.25) is 0 Å². The minimum Gasteiger partial charge on any atom is -0.445 e. The highest BCUT2D eigenvalue weighted by Crippen LogP contribution is 2.34. The number of ether oxygens (including phenoxy) is 1. The molecule has 0 spiro atoms. The molecule has 0 bridgehead atoms. The molecule has 0 heterocycles. The predicted molar refractivity (Wildman–Crippen MR) is 174 cm³/mol. The zero-order valence-corrected chi connectivity index (χ0v) is 26.4. The molecule has 4 rings (SSSR count). The number of nitrogens with zero attached hydrogens (tertiary/aromatic N) is 1. The fourth-order valence-electron chi connectivity index (χ4n) is 4.89. The molecule has 0 saturated heterocycles. The van der Waals surface area contributed by atoms with Gasteiger partial charge in [0.15, 0.2) is 0 Å². The van der Waals surface area contributed by atoms with E-state index in [2.05, 4.69) is 10.8 Å². The number of benzene rings is 4. The molecule has 246 valence electrons. The van der Waals surface area contributed by atoms with Crippen LogP contribution in [-0.2, 0) is 43.9 Å². The van der Waals surface area contributed by atoms with Crippen molar-refractivity contribution in [3.05, 3.63) is 130 Å². The molecule has 0 radical (unpaired) electrons. The van der Waals surface area contributed by atoms with E-state index < -0.39 is 43.7 Å². The van der Waals surface area contributed by atoms with E-state index >= 15 is 0 Å². The summed E-state index contributed by atoms with van der Waals surface area (Å²) in [5.74, 6) is -0.844. The van der Waals surface area contributed by atoms with Gasteiger partial charge in [-0.2, -0.15) is 8.42 Å². The summed E-state index contributed by atoms with van der Waals surface area (Å²) in [4.78, 5) is 42.1. The van der Waals surface area contributed by atoms with Gasteiger partial charge in [0.25, 0.3) is 15.8 Å². The molecule has 0 aliphatic heterocycles. The molecule has 2 unspecified atom stereocenters. The van der Waals surface area contributed by atoms with Crippen molar-refractivity contribution in [2.45, 2.75) is 56.2 Å². The molecule has 0 aliphatic carbocycles. The third-order valence-corrected chi connectivity index (χ3v) is 8.33. The van der Waals surface area contributed by atoms with E-state index in [4.69, 9.17) is 9.57 Å². The van der Waals surface area contributed by atoms with Crippen LogP contribution in [0.5, 0.6) is 0 Å². The molecule has 0 saturated carbocycles. The summed E-state index contributed by atoms with van der Waals surface area (Å²) >= 11 is 0. The molecule has 2 atom stereocenters. The van der Waals surface area contributed by atoms with Crippen molar-refractivity contribution in [1.82, 2.24) is 10.8 Å². The summed E-state index contributed by atoms with van der Waals surface area (Å²) in [5.41, 5.74) is 4.61. The Morgan fingerprint density at radius 3 is 2.17 bits per heavy atom.